The van der Waals surface area contributed by atoms with Crippen molar-refractivity contribution >= 4 is 37.5 Å². The summed E-state index contributed by atoms with van der Waals surface area (Å²) in [5.41, 5.74) is 1.50. The fourth-order valence-electron chi connectivity index (χ4n) is 1.64. The number of nitrogens with one attached hydrogen (secondary N) is 2. The first kappa shape index (κ1) is 14.8. The van der Waals surface area contributed by atoms with Gasteiger partial charge in [-0.2, -0.15) is 0 Å². The van der Waals surface area contributed by atoms with Crippen molar-refractivity contribution in [2.45, 2.75) is 6.54 Å². The number of rotatable bonds is 5. The van der Waals surface area contributed by atoms with Gasteiger partial charge in [0.15, 0.2) is 5.82 Å². The summed E-state index contributed by atoms with van der Waals surface area (Å²) >= 11 is 3.27. The molecule has 0 radical (unpaired) electrons. The maximum Gasteiger partial charge on any atom is 0.229 e. The molecule has 2 aromatic rings. The topological polar surface area (TPSA) is 71.1 Å². The predicted molar refractivity (Wildman–Crippen MR) is 84.2 cm³/mol. The van der Waals surface area contributed by atoms with Crippen LogP contribution in [0.4, 0.5) is 11.5 Å². The lowest BCUT2D eigenvalue weighted by Crippen LogP contribution is -2.13. The first-order valence-corrected chi connectivity index (χ1v) is 8.53. The molecule has 5 nitrogen and oxygen atoms in total. The zero-order chi connectivity index (χ0) is 14.6. The minimum atomic E-state index is -3.35. The lowest BCUT2D eigenvalue weighted by Gasteiger charge is -2.12. The van der Waals surface area contributed by atoms with E-state index < -0.39 is 10.0 Å². The van der Waals surface area contributed by atoms with E-state index in [2.05, 4.69) is 31.0 Å². The van der Waals surface area contributed by atoms with Crippen molar-refractivity contribution in [3.63, 3.8) is 0 Å². The third-order valence-electron chi connectivity index (χ3n) is 2.45. The van der Waals surface area contributed by atoms with E-state index in [1.54, 1.807) is 12.3 Å². The number of aromatic nitrogens is 1. The molecule has 7 heteroatoms. The predicted octanol–water partition coefficient (Wildman–Crippen LogP) is 2.83. The van der Waals surface area contributed by atoms with Gasteiger partial charge in [-0.1, -0.05) is 30.3 Å². The van der Waals surface area contributed by atoms with Crippen LogP contribution in [0.2, 0.25) is 0 Å². The van der Waals surface area contributed by atoms with E-state index in [-0.39, 0.29) is 0 Å². The van der Waals surface area contributed by atoms with Gasteiger partial charge in [0, 0.05) is 17.2 Å². The molecule has 0 bridgehead atoms. The summed E-state index contributed by atoms with van der Waals surface area (Å²) < 4.78 is 25.9. The molecule has 2 N–H and O–H groups in total. The van der Waals surface area contributed by atoms with E-state index in [9.17, 15) is 8.42 Å². The van der Waals surface area contributed by atoms with Crippen LogP contribution in [0, 0.1) is 0 Å². The highest BCUT2D eigenvalue weighted by molar-refractivity contribution is 9.10. The van der Waals surface area contributed by atoms with Gasteiger partial charge in [-0.25, -0.2) is 13.4 Å². The van der Waals surface area contributed by atoms with E-state index in [1.807, 2.05) is 30.3 Å². The van der Waals surface area contributed by atoms with Crippen LogP contribution in [-0.4, -0.2) is 19.7 Å². The Bertz CT molecular complexity index is 690. The first-order chi connectivity index (χ1) is 9.44. The standard InChI is InChI=1S/C13H14BrN3O2S/c1-20(18,19)17-12-7-11(14)9-16-13(12)15-8-10-5-3-2-4-6-10/h2-7,9,17H,8H2,1H3,(H,15,16). The Hall–Kier alpha value is -1.60. The van der Waals surface area contributed by atoms with Gasteiger partial charge >= 0.3 is 0 Å². The van der Waals surface area contributed by atoms with Gasteiger partial charge in [-0.05, 0) is 27.6 Å². The Labute approximate surface area is 126 Å². The van der Waals surface area contributed by atoms with E-state index in [0.29, 0.717) is 22.5 Å². The molecule has 1 heterocycles. The largest absolute Gasteiger partial charge is 0.364 e. The average Bonchev–Trinajstić information content (AvgIpc) is 2.37. The normalized spacial score (nSPS) is 11.1. The summed E-state index contributed by atoms with van der Waals surface area (Å²) in [6.45, 7) is 0.563. The van der Waals surface area contributed by atoms with Crippen molar-refractivity contribution < 1.29 is 8.42 Å². The molecule has 0 unspecified atom stereocenters. The van der Waals surface area contributed by atoms with E-state index >= 15 is 0 Å². The van der Waals surface area contributed by atoms with E-state index in [4.69, 9.17) is 0 Å². The number of benzene rings is 1. The van der Waals surface area contributed by atoms with Gasteiger partial charge in [0.25, 0.3) is 0 Å². The van der Waals surface area contributed by atoms with Crippen molar-refractivity contribution in [2.24, 2.45) is 0 Å². The number of nitrogens with zero attached hydrogens (tertiary/aromatic N) is 1. The second kappa shape index (κ2) is 6.23. The minimum absolute atomic E-state index is 0.415. The summed E-state index contributed by atoms with van der Waals surface area (Å²) in [6, 6.07) is 11.5. The molecule has 0 atom stereocenters. The van der Waals surface area contributed by atoms with Gasteiger partial charge in [0.05, 0.1) is 11.9 Å². The highest BCUT2D eigenvalue weighted by Gasteiger charge is 2.09. The van der Waals surface area contributed by atoms with Crippen molar-refractivity contribution in [3.8, 4) is 0 Å². The molecule has 0 amide bonds. The molecular weight excluding hydrogens is 342 g/mol. The van der Waals surface area contributed by atoms with Crippen LogP contribution >= 0.6 is 15.9 Å². The first-order valence-electron chi connectivity index (χ1n) is 5.85. The molecule has 0 saturated heterocycles. The third kappa shape index (κ3) is 4.50. The minimum Gasteiger partial charge on any atom is -0.364 e. The monoisotopic (exact) mass is 355 g/mol. The second-order valence-electron chi connectivity index (χ2n) is 4.26. The fourth-order valence-corrected chi connectivity index (χ4v) is 2.53. The fraction of sp³-hybridized carbons (Fsp3) is 0.154. The zero-order valence-corrected chi connectivity index (χ0v) is 13.2. The summed E-state index contributed by atoms with van der Waals surface area (Å²) in [5.74, 6) is 0.488. The smallest absolute Gasteiger partial charge is 0.229 e. The van der Waals surface area contributed by atoms with Gasteiger partial charge in [-0.15, -0.1) is 0 Å². The highest BCUT2D eigenvalue weighted by atomic mass is 79.9. The molecule has 2 rings (SSSR count). The van der Waals surface area contributed by atoms with E-state index in [1.165, 1.54) is 0 Å². The van der Waals surface area contributed by atoms with Gasteiger partial charge in [-0.3, -0.25) is 4.72 Å². The van der Waals surface area contributed by atoms with E-state index in [0.717, 1.165) is 11.8 Å². The number of halogens is 1. The molecule has 20 heavy (non-hydrogen) atoms. The molecule has 0 aliphatic rings. The Kier molecular flexibility index (Phi) is 4.61. The van der Waals surface area contributed by atoms with Crippen molar-refractivity contribution in [2.75, 3.05) is 16.3 Å². The van der Waals surface area contributed by atoms with Crippen molar-refractivity contribution in [1.82, 2.24) is 4.98 Å². The second-order valence-corrected chi connectivity index (χ2v) is 6.93. The quantitative estimate of drug-likeness (QED) is 0.864. The summed E-state index contributed by atoms with van der Waals surface area (Å²) in [6.07, 6.45) is 2.72. The highest BCUT2D eigenvalue weighted by Crippen LogP contribution is 2.24. The van der Waals surface area contributed by atoms with Crippen LogP contribution in [0.1, 0.15) is 5.56 Å². The Morgan fingerprint density at radius 2 is 1.95 bits per heavy atom. The number of anilines is 2. The van der Waals surface area contributed by atoms with Crippen molar-refractivity contribution in [1.29, 1.82) is 0 Å². The molecule has 0 aliphatic heterocycles. The Morgan fingerprint density at radius 3 is 2.60 bits per heavy atom. The van der Waals surface area contributed by atoms with Gasteiger partial charge in [0.1, 0.15) is 0 Å². The van der Waals surface area contributed by atoms with Crippen LogP contribution < -0.4 is 10.0 Å². The maximum absolute atomic E-state index is 11.4. The zero-order valence-electron chi connectivity index (χ0n) is 10.8. The van der Waals surface area contributed by atoms with Crippen LogP contribution in [-0.2, 0) is 16.6 Å². The summed E-state index contributed by atoms with van der Waals surface area (Å²) in [4.78, 5) is 4.19. The lowest BCUT2D eigenvalue weighted by atomic mass is 10.2. The van der Waals surface area contributed by atoms with Crippen LogP contribution in [0.5, 0.6) is 0 Å². The van der Waals surface area contributed by atoms with Crippen LogP contribution in [0.15, 0.2) is 47.1 Å². The van der Waals surface area contributed by atoms with Crippen molar-refractivity contribution in [3.05, 3.63) is 52.6 Å². The van der Waals surface area contributed by atoms with Crippen LogP contribution in [0.25, 0.3) is 0 Å². The molecule has 1 aromatic heterocycles. The molecule has 106 valence electrons. The number of sulfonamides is 1. The van der Waals surface area contributed by atoms with Gasteiger partial charge < -0.3 is 5.32 Å². The molecular formula is C13H14BrN3O2S. The van der Waals surface area contributed by atoms with Crippen LogP contribution in [0.3, 0.4) is 0 Å². The Morgan fingerprint density at radius 1 is 1.25 bits per heavy atom. The number of hydrogen-bond donors (Lipinski definition) is 2. The molecule has 0 saturated carbocycles. The third-order valence-corrected chi connectivity index (χ3v) is 3.48. The summed E-state index contributed by atoms with van der Waals surface area (Å²) in [5, 5.41) is 3.12. The number of pyridine rings is 1. The molecule has 0 aliphatic carbocycles. The number of hydrogen-bond acceptors (Lipinski definition) is 4. The average molecular weight is 356 g/mol. The maximum atomic E-state index is 11.4. The molecule has 0 spiro atoms. The molecule has 0 fully saturated rings. The Balaban J connectivity index is 2.18. The molecule has 1 aromatic carbocycles. The summed E-state index contributed by atoms with van der Waals surface area (Å²) in [7, 11) is -3.35. The SMILES string of the molecule is CS(=O)(=O)Nc1cc(Br)cnc1NCc1ccccc1. The lowest BCUT2D eigenvalue weighted by molar-refractivity contribution is 0.607. The van der Waals surface area contributed by atoms with Gasteiger partial charge in [0.2, 0.25) is 10.0 Å².